The number of hydrogen-bond acceptors (Lipinski definition) is 9. The lowest BCUT2D eigenvalue weighted by molar-refractivity contribution is -0.148. The normalized spacial score (nSPS) is 11.4. The van der Waals surface area contributed by atoms with Gasteiger partial charge in [0.1, 0.15) is 17.2 Å². The Morgan fingerprint density at radius 3 is 1.74 bits per heavy atom. The van der Waals surface area contributed by atoms with Crippen LogP contribution in [0.2, 0.25) is 0 Å². The Morgan fingerprint density at radius 1 is 0.596 bits per heavy atom. The van der Waals surface area contributed by atoms with E-state index in [1.54, 1.807) is 36.4 Å². The van der Waals surface area contributed by atoms with Gasteiger partial charge in [-0.05, 0) is 130 Å². The van der Waals surface area contributed by atoms with Crippen LogP contribution in [0.4, 0.5) is 13.2 Å². The molecule has 1 atom stereocenters. The van der Waals surface area contributed by atoms with E-state index in [1.807, 2.05) is 20.8 Å². The van der Waals surface area contributed by atoms with E-state index in [9.17, 15) is 32.3 Å². The average Bonchev–Trinajstić information content (AvgIpc) is 3.21. The van der Waals surface area contributed by atoms with E-state index in [-0.39, 0.29) is 41.1 Å². The largest absolute Gasteiger partial charge is 0.494 e. The number of benzene rings is 4. The second kappa shape index (κ2) is 21.9. The van der Waals surface area contributed by atoms with Crippen molar-refractivity contribution in [2.45, 2.75) is 71.9 Å². The third-order valence-electron chi connectivity index (χ3n) is 8.65. The molecule has 0 bridgehead atoms. The fraction of sp³-hybridized carbons (Fsp3) is 0.333. The zero-order valence-corrected chi connectivity index (χ0v) is 32.1. The molecule has 1 unspecified atom stereocenters. The van der Waals surface area contributed by atoms with Crippen LogP contribution >= 0.6 is 0 Å². The van der Waals surface area contributed by atoms with E-state index >= 15 is 0 Å². The zero-order chi connectivity index (χ0) is 41.2. The van der Waals surface area contributed by atoms with Crippen molar-refractivity contribution < 1.29 is 56.0 Å². The maximum atomic E-state index is 14.0. The van der Waals surface area contributed by atoms with E-state index in [4.69, 9.17) is 23.7 Å². The van der Waals surface area contributed by atoms with Gasteiger partial charge >= 0.3 is 30.1 Å². The van der Waals surface area contributed by atoms with E-state index in [2.05, 4.69) is 11.8 Å². The van der Waals surface area contributed by atoms with E-state index in [0.717, 1.165) is 50.7 Å². The lowest BCUT2D eigenvalue weighted by Crippen LogP contribution is -2.17. The predicted molar refractivity (Wildman–Crippen MR) is 206 cm³/mol. The van der Waals surface area contributed by atoms with Crippen LogP contribution < -0.4 is 14.2 Å². The second-order valence-electron chi connectivity index (χ2n) is 13.1. The summed E-state index contributed by atoms with van der Waals surface area (Å²) >= 11 is 0. The van der Waals surface area contributed by atoms with E-state index in [1.165, 1.54) is 42.5 Å². The third-order valence-corrected chi connectivity index (χ3v) is 8.65. The number of hydrogen-bond donors (Lipinski definition) is 0. The van der Waals surface area contributed by atoms with Gasteiger partial charge in [-0.3, -0.25) is 4.79 Å². The van der Waals surface area contributed by atoms with E-state index in [0.29, 0.717) is 36.5 Å². The molecule has 9 nitrogen and oxygen atoms in total. The summed E-state index contributed by atoms with van der Waals surface area (Å²) in [5.74, 6) is 3.64. The third kappa shape index (κ3) is 14.2. The van der Waals surface area contributed by atoms with Gasteiger partial charge in [0.15, 0.2) is 0 Å². The molecular formula is C45H45F3O9. The van der Waals surface area contributed by atoms with Gasteiger partial charge in [0.2, 0.25) is 0 Å². The number of ether oxygens (including phenoxy) is 5. The molecule has 0 saturated heterocycles. The Bertz CT molecular complexity index is 2010. The van der Waals surface area contributed by atoms with Crippen molar-refractivity contribution in [3.8, 4) is 29.1 Å². The predicted octanol–water partition coefficient (Wildman–Crippen LogP) is 10.0. The molecule has 0 saturated carbocycles. The molecule has 0 aromatic heterocycles. The highest BCUT2D eigenvalue weighted by atomic mass is 19.4. The Kier molecular flexibility index (Phi) is 16.7. The molecule has 0 amide bonds. The van der Waals surface area contributed by atoms with Gasteiger partial charge in [-0.2, -0.15) is 13.2 Å². The molecule has 4 rings (SSSR count). The number of unbranched alkanes of at least 4 members (excludes halogenated alkanes) is 4. The summed E-state index contributed by atoms with van der Waals surface area (Å²) in [6.45, 7) is 6.95. The molecule has 0 aliphatic heterocycles. The SMILES string of the molecule is CCCCOC(=O)c1ccc(OC(=O)c2ccc(C#Cc3ccc(OC(=O)c4ccc(OCCCCCCOC(=O)C(C)CC)cc4)cc3)cc2C(F)(F)F)cc1. The molecular weight excluding hydrogens is 741 g/mol. The summed E-state index contributed by atoms with van der Waals surface area (Å²) in [6.07, 6.45) is 0.926. The molecule has 4 aromatic carbocycles. The standard InChI is InChI=1S/C45H45F3O9/c1-4-6-27-55-42(50)34-18-24-38(25-19-34)57-44(52)39-26-15-33(30-40(39)45(46,47)48)12-11-32-13-20-37(21-14-32)56-43(51)35-16-22-36(23-17-35)53-28-9-7-8-10-29-54-41(49)31(3)5-2/h13-26,30-31H,4-10,27-29H2,1-3H3. The van der Waals surface area contributed by atoms with Gasteiger partial charge in [0.25, 0.3) is 0 Å². The highest BCUT2D eigenvalue weighted by Crippen LogP contribution is 2.33. The first kappa shape index (κ1) is 43.6. The molecule has 0 radical (unpaired) electrons. The van der Waals surface area contributed by atoms with Gasteiger partial charge in [0, 0.05) is 11.1 Å². The first-order chi connectivity index (χ1) is 27.4. The van der Waals surface area contributed by atoms with Crippen molar-refractivity contribution >= 4 is 23.9 Å². The Morgan fingerprint density at radius 2 is 1.12 bits per heavy atom. The van der Waals surface area contributed by atoms with Crippen molar-refractivity contribution in [3.05, 3.63) is 124 Å². The van der Waals surface area contributed by atoms with Crippen LogP contribution in [0.1, 0.15) is 113 Å². The summed E-state index contributed by atoms with van der Waals surface area (Å²) in [5.41, 5.74) is -0.958. The lowest BCUT2D eigenvalue weighted by Gasteiger charge is -2.13. The van der Waals surface area contributed by atoms with Crippen LogP contribution in [0.15, 0.2) is 91.0 Å². The van der Waals surface area contributed by atoms with Gasteiger partial charge < -0.3 is 23.7 Å². The minimum atomic E-state index is -4.88. The molecule has 0 aliphatic rings. The number of esters is 4. The quantitative estimate of drug-likeness (QED) is 0.0421. The summed E-state index contributed by atoms with van der Waals surface area (Å²) < 4.78 is 68.9. The monoisotopic (exact) mass is 786 g/mol. The van der Waals surface area contributed by atoms with Crippen LogP contribution in [-0.4, -0.2) is 43.7 Å². The lowest BCUT2D eigenvalue weighted by atomic mass is 10.0. The second-order valence-corrected chi connectivity index (χ2v) is 13.1. The van der Waals surface area contributed by atoms with Crippen molar-refractivity contribution in [2.24, 2.45) is 5.92 Å². The topological polar surface area (TPSA) is 114 Å². The van der Waals surface area contributed by atoms with Crippen molar-refractivity contribution in [2.75, 3.05) is 19.8 Å². The molecule has 0 heterocycles. The number of halogens is 3. The van der Waals surface area contributed by atoms with Gasteiger partial charge in [-0.15, -0.1) is 0 Å². The Balaban J connectivity index is 1.26. The summed E-state index contributed by atoms with van der Waals surface area (Å²) in [6, 6.07) is 21.0. The van der Waals surface area contributed by atoms with Crippen molar-refractivity contribution in [3.63, 3.8) is 0 Å². The average molecular weight is 787 g/mol. The highest BCUT2D eigenvalue weighted by Gasteiger charge is 2.36. The fourth-order valence-electron chi connectivity index (χ4n) is 5.08. The summed E-state index contributed by atoms with van der Waals surface area (Å²) in [4.78, 5) is 49.3. The maximum absolute atomic E-state index is 14.0. The summed E-state index contributed by atoms with van der Waals surface area (Å²) in [7, 11) is 0. The fourth-order valence-corrected chi connectivity index (χ4v) is 5.08. The molecule has 4 aromatic rings. The summed E-state index contributed by atoms with van der Waals surface area (Å²) in [5, 5.41) is 0. The van der Waals surface area contributed by atoms with Crippen LogP contribution in [0.3, 0.4) is 0 Å². The smallest absolute Gasteiger partial charge is 0.417 e. The molecule has 0 spiro atoms. The number of carbonyl (C=O) groups excluding carboxylic acids is 4. The van der Waals surface area contributed by atoms with Crippen molar-refractivity contribution in [1.29, 1.82) is 0 Å². The van der Waals surface area contributed by atoms with Gasteiger partial charge in [-0.1, -0.05) is 39.0 Å². The van der Waals surface area contributed by atoms with Gasteiger partial charge in [0.05, 0.1) is 48.0 Å². The Hall–Kier alpha value is -6.09. The van der Waals surface area contributed by atoms with Gasteiger partial charge in [-0.25, -0.2) is 14.4 Å². The van der Waals surface area contributed by atoms with Crippen LogP contribution in [0.25, 0.3) is 0 Å². The molecule has 0 aliphatic carbocycles. The minimum Gasteiger partial charge on any atom is -0.494 e. The molecule has 57 heavy (non-hydrogen) atoms. The number of carbonyl (C=O) groups is 4. The number of alkyl halides is 3. The van der Waals surface area contributed by atoms with E-state index < -0.39 is 35.2 Å². The molecule has 0 fully saturated rings. The van der Waals surface area contributed by atoms with Crippen LogP contribution in [0, 0.1) is 17.8 Å². The Labute approximate surface area is 330 Å². The first-order valence-corrected chi connectivity index (χ1v) is 18.8. The number of rotatable bonds is 18. The molecule has 0 N–H and O–H groups in total. The highest BCUT2D eigenvalue weighted by molar-refractivity contribution is 5.94. The zero-order valence-electron chi connectivity index (χ0n) is 32.1. The maximum Gasteiger partial charge on any atom is 0.417 e. The first-order valence-electron chi connectivity index (χ1n) is 18.8. The van der Waals surface area contributed by atoms with Crippen molar-refractivity contribution in [1.82, 2.24) is 0 Å². The molecule has 300 valence electrons. The van der Waals surface area contributed by atoms with Crippen LogP contribution in [-0.2, 0) is 20.4 Å². The van der Waals surface area contributed by atoms with Crippen LogP contribution in [0.5, 0.6) is 17.2 Å². The molecule has 12 heteroatoms. The minimum absolute atomic E-state index is 0.00414.